The maximum atomic E-state index is 12.6. The minimum absolute atomic E-state index is 0. The van der Waals surface area contributed by atoms with Crippen molar-refractivity contribution in [2.45, 2.75) is 57.2 Å². The van der Waals surface area contributed by atoms with Crippen LogP contribution in [-0.2, 0) is 17.3 Å². The van der Waals surface area contributed by atoms with Crippen molar-refractivity contribution in [3.63, 3.8) is 0 Å². The summed E-state index contributed by atoms with van der Waals surface area (Å²) in [5, 5.41) is 4.80. The number of rotatable bonds is 6. The SMILES string of the molecule is CN=C(NCCc1nc(C(F)(F)F)cs1)N1CCC(OCC2CCCC2)CC1.I. The van der Waals surface area contributed by atoms with E-state index in [0.29, 0.717) is 24.1 Å². The van der Waals surface area contributed by atoms with Gasteiger partial charge in [-0.05, 0) is 31.6 Å². The summed E-state index contributed by atoms with van der Waals surface area (Å²) in [6.07, 6.45) is 3.65. The molecular weight excluding hydrogens is 516 g/mol. The smallest absolute Gasteiger partial charge is 0.378 e. The molecule has 10 heteroatoms. The molecule has 1 aromatic rings. The first-order valence-corrected chi connectivity index (χ1v) is 10.9. The summed E-state index contributed by atoms with van der Waals surface area (Å²) < 4.78 is 44.0. The Balaban J connectivity index is 0.00000300. The number of guanidine groups is 1. The molecule has 0 aromatic carbocycles. The van der Waals surface area contributed by atoms with Gasteiger partial charge in [-0.25, -0.2) is 4.98 Å². The van der Waals surface area contributed by atoms with Crippen molar-refractivity contribution in [1.82, 2.24) is 15.2 Å². The highest BCUT2D eigenvalue weighted by molar-refractivity contribution is 14.0. The fourth-order valence-corrected chi connectivity index (χ4v) is 4.66. The molecule has 0 unspecified atom stereocenters. The summed E-state index contributed by atoms with van der Waals surface area (Å²) in [7, 11) is 1.73. The van der Waals surface area contributed by atoms with Crippen molar-refractivity contribution in [3.05, 3.63) is 16.1 Å². The molecule has 0 amide bonds. The molecule has 1 N–H and O–H groups in total. The molecule has 3 rings (SSSR count). The molecule has 2 heterocycles. The van der Waals surface area contributed by atoms with Crippen LogP contribution in [0, 0.1) is 5.92 Å². The fraction of sp³-hybridized carbons (Fsp3) is 0.789. The number of halogens is 4. The second kappa shape index (κ2) is 11.7. The third-order valence-electron chi connectivity index (χ3n) is 5.46. The molecular formula is C19H30F3IN4OS. The molecule has 1 aliphatic heterocycles. The van der Waals surface area contributed by atoms with Crippen LogP contribution in [0.5, 0.6) is 0 Å². The van der Waals surface area contributed by atoms with Crippen LogP contribution in [0.4, 0.5) is 13.2 Å². The predicted molar refractivity (Wildman–Crippen MR) is 120 cm³/mol. The molecule has 1 aromatic heterocycles. The van der Waals surface area contributed by atoms with E-state index in [9.17, 15) is 13.2 Å². The number of hydrogen-bond acceptors (Lipinski definition) is 4. The first-order valence-electron chi connectivity index (χ1n) is 10.0. The Hall–Kier alpha value is -0.620. The molecule has 0 atom stereocenters. The van der Waals surface area contributed by atoms with Gasteiger partial charge in [0, 0.05) is 45.1 Å². The second-order valence-corrected chi connectivity index (χ2v) is 8.46. The lowest BCUT2D eigenvalue weighted by Gasteiger charge is -2.34. The Morgan fingerprint density at radius 1 is 1.28 bits per heavy atom. The molecule has 1 aliphatic carbocycles. The molecule has 0 radical (unpaired) electrons. The van der Waals surface area contributed by atoms with E-state index in [4.69, 9.17) is 4.74 Å². The number of aliphatic imine (C=N–C) groups is 1. The van der Waals surface area contributed by atoms with Crippen molar-refractivity contribution in [1.29, 1.82) is 0 Å². The van der Waals surface area contributed by atoms with Crippen molar-refractivity contribution < 1.29 is 17.9 Å². The number of thiazole rings is 1. The maximum Gasteiger partial charge on any atom is 0.434 e. The Morgan fingerprint density at radius 2 is 1.97 bits per heavy atom. The number of aromatic nitrogens is 1. The van der Waals surface area contributed by atoms with E-state index in [1.54, 1.807) is 7.05 Å². The Bertz CT molecular complexity index is 642. The van der Waals surface area contributed by atoms with E-state index in [1.165, 1.54) is 25.7 Å². The molecule has 1 saturated heterocycles. The lowest BCUT2D eigenvalue weighted by molar-refractivity contribution is -0.140. The summed E-state index contributed by atoms with van der Waals surface area (Å²) >= 11 is 1.05. The van der Waals surface area contributed by atoms with E-state index in [1.807, 2.05) is 0 Å². The van der Waals surface area contributed by atoms with E-state index < -0.39 is 11.9 Å². The summed E-state index contributed by atoms with van der Waals surface area (Å²) in [6, 6.07) is 0. The highest BCUT2D eigenvalue weighted by Crippen LogP contribution is 2.30. The molecule has 166 valence electrons. The quantitative estimate of drug-likeness (QED) is 0.323. The molecule has 2 fully saturated rings. The highest BCUT2D eigenvalue weighted by Gasteiger charge is 2.33. The highest BCUT2D eigenvalue weighted by atomic mass is 127. The topological polar surface area (TPSA) is 49.8 Å². The molecule has 1 saturated carbocycles. The Morgan fingerprint density at radius 3 is 2.55 bits per heavy atom. The Kier molecular flexibility index (Phi) is 9.93. The Labute approximate surface area is 191 Å². The van der Waals surface area contributed by atoms with Gasteiger partial charge in [-0.15, -0.1) is 35.3 Å². The van der Waals surface area contributed by atoms with Crippen LogP contribution in [0.2, 0.25) is 0 Å². The lowest BCUT2D eigenvalue weighted by Crippen LogP contribution is -2.47. The van der Waals surface area contributed by atoms with Crippen molar-refractivity contribution in [2.75, 3.05) is 33.3 Å². The van der Waals surface area contributed by atoms with E-state index in [2.05, 4.69) is 20.2 Å². The van der Waals surface area contributed by atoms with Gasteiger partial charge in [0.15, 0.2) is 11.7 Å². The summed E-state index contributed by atoms with van der Waals surface area (Å²) in [4.78, 5) is 10.2. The van der Waals surface area contributed by atoms with Crippen LogP contribution in [0.15, 0.2) is 10.4 Å². The van der Waals surface area contributed by atoms with Gasteiger partial charge in [0.1, 0.15) is 0 Å². The van der Waals surface area contributed by atoms with Gasteiger partial charge in [0.25, 0.3) is 0 Å². The number of nitrogens with one attached hydrogen (secondary N) is 1. The van der Waals surface area contributed by atoms with Crippen molar-refractivity contribution in [2.24, 2.45) is 10.9 Å². The van der Waals surface area contributed by atoms with E-state index in [-0.39, 0.29) is 24.0 Å². The monoisotopic (exact) mass is 546 g/mol. The van der Waals surface area contributed by atoms with Crippen LogP contribution < -0.4 is 5.32 Å². The number of ether oxygens (including phenoxy) is 1. The largest absolute Gasteiger partial charge is 0.434 e. The average Bonchev–Trinajstić information content (AvgIpc) is 3.36. The van der Waals surface area contributed by atoms with Crippen LogP contribution in [0.1, 0.15) is 49.2 Å². The zero-order chi connectivity index (χ0) is 20.0. The average molecular weight is 546 g/mol. The normalized spacial score (nSPS) is 19.4. The van der Waals surface area contributed by atoms with Crippen LogP contribution in [0.3, 0.4) is 0 Å². The molecule has 5 nitrogen and oxygen atoms in total. The molecule has 0 bridgehead atoms. The standard InChI is InChI=1S/C19H29F3N4OS.HI/c1-23-18(24-9-6-17-25-16(13-28-17)19(20,21)22)26-10-7-15(8-11-26)27-12-14-4-2-3-5-14;/h13-15H,2-12H2,1H3,(H,23,24);1H. The van der Waals surface area contributed by atoms with Gasteiger partial charge in [0.05, 0.1) is 11.1 Å². The third-order valence-corrected chi connectivity index (χ3v) is 6.37. The molecule has 0 spiro atoms. The predicted octanol–water partition coefficient (Wildman–Crippen LogP) is 4.57. The minimum Gasteiger partial charge on any atom is -0.378 e. The molecule has 29 heavy (non-hydrogen) atoms. The van der Waals surface area contributed by atoms with Crippen LogP contribution in [-0.4, -0.2) is 55.2 Å². The number of nitrogens with zero attached hydrogens (tertiary/aromatic N) is 3. The van der Waals surface area contributed by atoms with Gasteiger partial charge in [0.2, 0.25) is 0 Å². The van der Waals surface area contributed by atoms with Crippen LogP contribution in [0.25, 0.3) is 0 Å². The van der Waals surface area contributed by atoms with Gasteiger partial charge in [-0.3, -0.25) is 4.99 Å². The summed E-state index contributed by atoms with van der Waals surface area (Å²) in [5.74, 6) is 1.54. The summed E-state index contributed by atoms with van der Waals surface area (Å²) in [5.41, 5.74) is -0.809. The van der Waals surface area contributed by atoms with Gasteiger partial charge in [-0.1, -0.05) is 12.8 Å². The van der Waals surface area contributed by atoms with Crippen molar-refractivity contribution in [3.8, 4) is 0 Å². The van der Waals surface area contributed by atoms with Crippen molar-refractivity contribution >= 4 is 41.3 Å². The number of piperidine rings is 1. The first kappa shape index (κ1) is 24.6. The number of alkyl halides is 3. The summed E-state index contributed by atoms with van der Waals surface area (Å²) in [6.45, 7) is 3.16. The van der Waals surface area contributed by atoms with Gasteiger partial charge >= 0.3 is 6.18 Å². The van der Waals surface area contributed by atoms with E-state index in [0.717, 1.165) is 61.1 Å². The number of hydrogen-bond donors (Lipinski definition) is 1. The van der Waals surface area contributed by atoms with Crippen LogP contribution >= 0.6 is 35.3 Å². The number of likely N-dealkylation sites (tertiary alicyclic amines) is 1. The minimum atomic E-state index is -4.37. The van der Waals surface area contributed by atoms with Gasteiger partial charge < -0.3 is 15.0 Å². The lowest BCUT2D eigenvalue weighted by atomic mass is 10.1. The zero-order valence-corrected chi connectivity index (χ0v) is 19.9. The van der Waals surface area contributed by atoms with E-state index >= 15 is 0 Å². The molecule has 2 aliphatic rings. The second-order valence-electron chi connectivity index (χ2n) is 7.52. The third kappa shape index (κ3) is 7.54. The first-order chi connectivity index (χ1) is 13.5. The maximum absolute atomic E-state index is 12.6. The zero-order valence-electron chi connectivity index (χ0n) is 16.7. The fourth-order valence-electron chi connectivity index (χ4n) is 3.85. The van der Waals surface area contributed by atoms with Gasteiger partial charge in [-0.2, -0.15) is 13.2 Å².